The number of hydrogen-bond acceptors (Lipinski definition) is 6. The lowest BCUT2D eigenvalue weighted by Crippen LogP contribution is -2.50. The van der Waals surface area contributed by atoms with Gasteiger partial charge in [-0.3, -0.25) is 14.4 Å². The van der Waals surface area contributed by atoms with E-state index in [4.69, 9.17) is 10.8 Å². The van der Waals surface area contributed by atoms with Gasteiger partial charge in [-0.25, -0.2) is 4.79 Å². The van der Waals surface area contributed by atoms with E-state index in [1.54, 1.807) is 30.3 Å². The summed E-state index contributed by atoms with van der Waals surface area (Å²) in [4.78, 5) is 46.2. The van der Waals surface area contributed by atoms with Crippen LogP contribution < -0.4 is 16.4 Å². The predicted octanol–water partition coefficient (Wildman–Crippen LogP) is -0.465. The quantitative estimate of drug-likeness (QED) is 0.298. The molecule has 0 aliphatic rings. The van der Waals surface area contributed by atoms with Gasteiger partial charge in [-0.2, -0.15) is 12.6 Å². The van der Waals surface area contributed by atoms with E-state index >= 15 is 0 Å². The molecule has 9 nitrogen and oxygen atoms in total. The van der Waals surface area contributed by atoms with Crippen LogP contribution in [0.2, 0.25) is 0 Å². The number of rotatable bonds is 10. The van der Waals surface area contributed by atoms with Gasteiger partial charge in [0, 0.05) is 12.2 Å². The molecule has 26 heavy (non-hydrogen) atoms. The first-order chi connectivity index (χ1) is 12.3. The largest absolute Gasteiger partial charge is 0.480 e. The van der Waals surface area contributed by atoms with Crippen molar-refractivity contribution in [2.45, 2.75) is 31.0 Å². The van der Waals surface area contributed by atoms with Crippen LogP contribution in [0.25, 0.3) is 0 Å². The molecule has 0 saturated heterocycles. The standard InChI is InChI=1S/C16H21N3O6S/c17-10(15(22)23)6-7-12(20)18-11(8-26)14(21)19-13(16(24)25)9-4-2-1-3-5-9/h1-5,10-11,13,26H,6-8,17H2,(H,18,20)(H,19,21)(H,22,23)(H,24,25)/t10?,11-,13-/m1/s1. The molecule has 1 aromatic rings. The van der Waals surface area contributed by atoms with E-state index in [9.17, 15) is 24.3 Å². The highest BCUT2D eigenvalue weighted by Crippen LogP contribution is 2.13. The Balaban J connectivity index is 2.68. The fourth-order valence-corrected chi connectivity index (χ4v) is 2.30. The van der Waals surface area contributed by atoms with Crippen molar-refractivity contribution in [3.63, 3.8) is 0 Å². The molecule has 0 bridgehead atoms. The number of carbonyl (C=O) groups is 4. The summed E-state index contributed by atoms with van der Waals surface area (Å²) in [5, 5.41) is 22.7. The second-order valence-electron chi connectivity index (χ2n) is 5.48. The summed E-state index contributed by atoms with van der Waals surface area (Å²) in [6, 6.07) is 4.57. The Morgan fingerprint density at radius 2 is 1.65 bits per heavy atom. The highest BCUT2D eigenvalue weighted by Gasteiger charge is 2.27. The average Bonchev–Trinajstić information content (AvgIpc) is 2.62. The second kappa shape index (κ2) is 10.4. The van der Waals surface area contributed by atoms with Crippen LogP contribution in [0.5, 0.6) is 0 Å². The zero-order chi connectivity index (χ0) is 19.7. The third-order valence-corrected chi connectivity index (χ3v) is 3.87. The van der Waals surface area contributed by atoms with Gasteiger partial charge in [0.2, 0.25) is 11.8 Å². The topological polar surface area (TPSA) is 159 Å². The van der Waals surface area contributed by atoms with Crippen LogP contribution in [-0.4, -0.2) is 51.8 Å². The third kappa shape index (κ3) is 6.73. The van der Waals surface area contributed by atoms with Crippen LogP contribution in [0, 0.1) is 0 Å². The molecular formula is C16H21N3O6S. The minimum absolute atomic E-state index is 0.0658. The van der Waals surface area contributed by atoms with Crippen molar-refractivity contribution in [3.8, 4) is 0 Å². The summed E-state index contributed by atoms with van der Waals surface area (Å²) in [5.74, 6) is -3.84. The zero-order valence-electron chi connectivity index (χ0n) is 13.8. The zero-order valence-corrected chi connectivity index (χ0v) is 14.7. The maximum absolute atomic E-state index is 12.3. The molecule has 1 rings (SSSR count). The first-order valence-electron chi connectivity index (χ1n) is 7.73. The summed E-state index contributed by atoms with van der Waals surface area (Å²) < 4.78 is 0. The first kappa shape index (κ1) is 21.5. The molecule has 1 aromatic carbocycles. The van der Waals surface area contributed by atoms with E-state index in [1.165, 1.54) is 0 Å². The third-order valence-electron chi connectivity index (χ3n) is 3.50. The fraction of sp³-hybridized carbons (Fsp3) is 0.375. The SMILES string of the molecule is NC(CCC(=O)N[C@H](CS)C(=O)N[C@@H](C(=O)O)c1ccccc1)C(=O)O. The molecule has 0 fully saturated rings. The fourth-order valence-electron chi connectivity index (χ4n) is 2.05. The van der Waals surface area contributed by atoms with Crippen molar-refractivity contribution in [2.24, 2.45) is 5.73 Å². The van der Waals surface area contributed by atoms with Crippen molar-refractivity contribution >= 4 is 36.4 Å². The maximum atomic E-state index is 12.3. The number of carbonyl (C=O) groups excluding carboxylic acids is 2. The lowest BCUT2D eigenvalue weighted by molar-refractivity contribution is -0.142. The van der Waals surface area contributed by atoms with Gasteiger partial charge in [0.25, 0.3) is 0 Å². The Bertz CT molecular complexity index is 655. The van der Waals surface area contributed by atoms with Crippen LogP contribution in [0.4, 0.5) is 0 Å². The van der Waals surface area contributed by atoms with Crippen molar-refractivity contribution in [1.82, 2.24) is 10.6 Å². The number of benzene rings is 1. The van der Waals surface area contributed by atoms with Crippen molar-refractivity contribution in [1.29, 1.82) is 0 Å². The van der Waals surface area contributed by atoms with Crippen molar-refractivity contribution < 1.29 is 29.4 Å². The van der Waals surface area contributed by atoms with Gasteiger partial charge in [0.05, 0.1) is 0 Å². The smallest absolute Gasteiger partial charge is 0.330 e. The summed E-state index contributed by atoms with van der Waals surface area (Å²) in [7, 11) is 0. The molecule has 0 aliphatic heterocycles. The normalized spacial score (nSPS) is 13.9. The van der Waals surface area contributed by atoms with Gasteiger partial charge in [-0.15, -0.1) is 0 Å². The van der Waals surface area contributed by atoms with E-state index in [0.717, 1.165) is 0 Å². The molecule has 0 saturated carbocycles. The number of nitrogens with one attached hydrogen (secondary N) is 2. The Morgan fingerprint density at radius 3 is 2.15 bits per heavy atom. The predicted molar refractivity (Wildman–Crippen MR) is 95.6 cm³/mol. The molecule has 1 unspecified atom stereocenters. The second-order valence-corrected chi connectivity index (χ2v) is 5.84. The lowest BCUT2D eigenvalue weighted by atomic mass is 10.1. The number of thiol groups is 1. The Morgan fingerprint density at radius 1 is 1.04 bits per heavy atom. The van der Waals surface area contributed by atoms with Crippen LogP contribution >= 0.6 is 12.6 Å². The summed E-state index contributed by atoms with van der Waals surface area (Å²) in [6.07, 6.45) is -0.282. The van der Waals surface area contributed by atoms with Gasteiger partial charge >= 0.3 is 11.9 Å². The molecule has 142 valence electrons. The highest BCUT2D eigenvalue weighted by atomic mass is 32.1. The molecule has 0 spiro atoms. The van der Waals surface area contributed by atoms with Gasteiger partial charge in [-0.05, 0) is 12.0 Å². The van der Waals surface area contributed by atoms with Crippen LogP contribution in [0.1, 0.15) is 24.4 Å². The molecular weight excluding hydrogens is 362 g/mol. The maximum Gasteiger partial charge on any atom is 0.330 e. The van der Waals surface area contributed by atoms with E-state index < -0.39 is 41.9 Å². The lowest BCUT2D eigenvalue weighted by Gasteiger charge is -2.20. The van der Waals surface area contributed by atoms with Gasteiger partial charge in [0.15, 0.2) is 6.04 Å². The molecule has 0 radical (unpaired) electrons. The van der Waals surface area contributed by atoms with Gasteiger partial charge < -0.3 is 26.6 Å². The Labute approximate surface area is 155 Å². The molecule has 2 amide bonds. The molecule has 0 aliphatic carbocycles. The summed E-state index contributed by atoms with van der Waals surface area (Å²) in [6.45, 7) is 0. The van der Waals surface area contributed by atoms with Gasteiger partial charge in [0.1, 0.15) is 12.1 Å². The minimum atomic E-state index is -1.27. The Hall–Kier alpha value is -2.59. The Kier molecular flexibility index (Phi) is 8.59. The number of carboxylic acids is 2. The molecule has 6 N–H and O–H groups in total. The molecule has 10 heteroatoms. The van der Waals surface area contributed by atoms with Crippen molar-refractivity contribution in [3.05, 3.63) is 35.9 Å². The monoisotopic (exact) mass is 383 g/mol. The van der Waals surface area contributed by atoms with Crippen molar-refractivity contribution in [2.75, 3.05) is 5.75 Å². The number of hydrogen-bond donors (Lipinski definition) is 6. The number of carboxylic acid groups (broad SMARTS) is 2. The van der Waals surface area contributed by atoms with E-state index in [2.05, 4.69) is 23.3 Å². The van der Waals surface area contributed by atoms with Crippen LogP contribution in [-0.2, 0) is 19.2 Å². The van der Waals surface area contributed by atoms with Crippen LogP contribution in [0.15, 0.2) is 30.3 Å². The van der Waals surface area contributed by atoms with E-state index in [-0.39, 0.29) is 18.6 Å². The molecule has 0 aromatic heterocycles. The van der Waals surface area contributed by atoms with Gasteiger partial charge in [-0.1, -0.05) is 30.3 Å². The highest BCUT2D eigenvalue weighted by molar-refractivity contribution is 7.80. The minimum Gasteiger partial charge on any atom is -0.480 e. The first-order valence-corrected chi connectivity index (χ1v) is 8.36. The van der Waals surface area contributed by atoms with Crippen LogP contribution in [0.3, 0.4) is 0 Å². The summed E-state index contributed by atoms with van der Waals surface area (Å²) in [5.41, 5.74) is 5.69. The molecule has 0 heterocycles. The number of aliphatic carboxylic acids is 2. The van der Waals surface area contributed by atoms with E-state index in [0.29, 0.717) is 5.56 Å². The number of amides is 2. The number of nitrogens with two attached hydrogens (primary N) is 1. The molecule has 3 atom stereocenters. The summed E-state index contributed by atoms with van der Waals surface area (Å²) >= 11 is 3.99. The van der Waals surface area contributed by atoms with E-state index in [1.807, 2.05) is 0 Å². The average molecular weight is 383 g/mol.